The molecule has 0 aliphatic heterocycles. The van der Waals surface area contributed by atoms with Gasteiger partial charge in [-0.25, -0.2) is 0 Å². The summed E-state index contributed by atoms with van der Waals surface area (Å²) in [6, 6.07) is 2.04. The van der Waals surface area contributed by atoms with E-state index in [2.05, 4.69) is 5.32 Å². The fraction of sp³-hybridized carbons (Fsp3) is 0.455. The summed E-state index contributed by atoms with van der Waals surface area (Å²) in [7, 11) is 1.91. The number of hydrogen-bond acceptors (Lipinski definition) is 2. The van der Waals surface area contributed by atoms with Crippen molar-refractivity contribution < 1.29 is 5.11 Å². The van der Waals surface area contributed by atoms with Crippen LogP contribution in [-0.4, -0.2) is 18.7 Å². The molecular weight excluding hydrogens is 198 g/mol. The van der Waals surface area contributed by atoms with E-state index in [0.29, 0.717) is 5.02 Å². The van der Waals surface area contributed by atoms with Crippen molar-refractivity contribution in [2.45, 2.75) is 20.3 Å². The van der Waals surface area contributed by atoms with E-state index in [4.69, 9.17) is 11.6 Å². The molecule has 14 heavy (non-hydrogen) atoms. The van der Waals surface area contributed by atoms with E-state index in [0.717, 1.165) is 29.7 Å². The third kappa shape index (κ3) is 2.20. The Balaban J connectivity index is 3.06. The van der Waals surface area contributed by atoms with Gasteiger partial charge in [-0.1, -0.05) is 17.7 Å². The van der Waals surface area contributed by atoms with Gasteiger partial charge in [0.05, 0.1) is 5.02 Å². The Labute approximate surface area is 89.9 Å². The van der Waals surface area contributed by atoms with E-state index >= 15 is 0 Å². The summed E-state index contributed by atoms with van der Waals surface area (Å²) in [6.45, 7) is 4.71. The molecule has 0 bridgehead atoms. The van der Waals surface area contributed by atoms with Gasteiger partial charge in [0.25, 0.3) is 0 Å². The Kier molecular flexibility index (Phi) is 3.78. The van der Waals surface area contributed by atoms with Crippen LogP contribution in [0.25, 0.3) is 0 Å². The third-order valence-corrected chi connectivity index (χ3v) is 2.90. The Bertz CT molecular complexity index is 337. The first-order valence-electron chi connectivity index (χ1n) is 4.70. The molecule has 3 heteroatoms. The van der Waals surface area contributed by atoms with Crippen LogP contribution in [0.2, 0.25) is 5.02 Å². The zero-order valence-electron chi connectivity index (χ0n) is 8.82. The van der Waals surface area contributed by atoms with Crippen molar-refractivity contribution in [3.05, 3.63) is 27.8 Å². The average molecular weight is 214 g/mol. The summed E-state index contributed by atoms with van der Waals surface area (Å²) in [6.07, 6.45) is 0.911. The van der Waals surface area contributed by atoms with E-state index in [1.165, 1.54) is 0 Å². The number of aryl methyl sites for hydroxylation is 1. The van der Waals surface area contributed by atoms with Crippen molar-refractivity contribution in [3.8, 4) is 5.75 Å². The van der Waals surface area contributed by atoms with Gasteiger partial charge in [0.2, 0.25) is 0 Å². The van der Waals surface area contributed by atoms with Crippen LogP contribution in [0.1, 0.15) is 16.7 Å². The van der Waals surface area contributed by atoms with E-state index < -0.39 is 0 Å². The molecule has 2 nitrogen and oxygen atoms in total. The highest BCUT2D eigenvalue weighted by molar-refractivity contribution is 6.32. The molecule has 0 saturated heterocycles. The number of halogens is 1. The van der Waals surface area contributed by atoms with Crippen LogP contribution in [0.3, 0.4) is 0 Å². The molecule has 0 spiro atoms. The van der Waals surface area contributed by atoms with E-state index in [-0.39, 0.29) is 5.75 Å². The molecule has 2 N–H and O–H groups in total. The summed E-state index contributed by atoms with van der Waals surface area (Å²) in [5.74, 6) is 0.220. The molecule has 0 aliphatic rings. The molecule has 0 unspecified atom stereocenters. The fourth-order valence-electron chi connectivity index (χ4n) is 1.46. The van der Waals surface area contributed by atoms with Gasteiger partial charge in [0.1, 0.15) is 5.75 Å². The van der Waals surface area contributed by atoms with Crippen molar-refractivity contribution in [3.63, 3.8) is 0 Å². The van der Waals surface area contributed by atoms with Gasteiger partial charge >= 0.3 is 0 Å². The lowest BCUT2D eigenvalue weighted by atomic mass is 10.0. The molecule has 1 aromatic rings. The summed E-state index contributed by atoms with van der Waals surface area (Å²) in [4.78, 5) is 0. The summed E-state index contributed by atoms with van der Waals surface area (Å²) < 4.78 is 0. The maximum absolute atomic E-state index is 9.71. The average Bonchev–Trinajstić information content (AvgIpc) is 2.18. The van der Waals surface area contributed by atoms with Gasteiger partial charge in [-0.2, -0.15) is 0 Å². The van der Waals surface area contributed by atoms with E-state index in [1.807, 2.05) is 27.0 Å². The van der Waals surface area contributed by atoms with Crippen molar-refractivity contribution in [1.29, 1.82) is 0 Å². The predicted molar refractivity (Wildman–Crippen MR) is 60.2 cm³/mol. The van der Waals surface area contributed by atoms with Gasteiger partial charge < -0.3 is 10.4 Å². The molecule has 0 saturated carbocycles. The van der Waals surface area contributed by atoms with Gasteiger partial charge in [-0.15, -0.1) is 0 Å². The molecule has 1 aromatic carbocycles. The van der Waals surface area contributed by atoms with Crippen LogP contribution in [-0.2, 0) is 6.42 Å². The molecular formula is C11H16ClNO. The monoisotopic (exact) mass is 213 g/mol. The Morgan fingerprint density at radius 1 is 1.43 bits per heavy atom. The number of phenolic OH excluding ortho intramolecular Hbond substituents is 1. The van der Waals surface area contributed by atoms with Gasteiger partial charge in [0, 0.05) is 0 Å². The molecule has 0 aromatic heterocycles. The predicted octanol–water partition coefficient (Wildman–Crippen LogP) is 2.42. The smallest absolute Gasteiger partial charge is 0.137 e. The zero-order chi connectivity index (χ0) is 10.7. The molecule has 0 fully saturated rings. The lowest BCUT2D eigenvalue weighted by Crippen LogP contribution is -2.11. The first-order valence-corrected chi connectivity index (χ1v) is 5.08. The Morgan fingerprint density at radius 3 is 2.64 bits per heavy atom. The topological polar surface area (TPSA) is 32.3 Å². The number of rotatable bonds is 3. The second-order valence-corrected chi connectivity index (χ2v) is 3.87. The highest BCUT2D eigenvalue weighted by Crippen LogP contribution is 2.32. The van der Waals surface area contributed by atoms with Crippen LogP contribution in [0.5, 0.6) is 5.75 Å². The highest BCUT2D eigenvalue weighted by Gasteiger charge is 2.10. The minimum absolute atomic E-state index is 0.220. The van der Waals surface area contributed by atoms with E-state index in [1.54, 1.807) is 0 Å². The molecule has 0 heterocycles. The molecule has 0 radical (unpaired) electrons. The van der Waals surface area contributed by atoms with Gasteiger partial charge in [-0.3, -0.25) is 0 Å². The van der Waals surface area contributed by atoms with Crippen molar-refractivity contribution in [1.82, 2.24) is 5.32 Å². The number of phenols is 1. The number of benzene rings is 1. The first-order chi connectivity index (χ1) is 6.57. The molecule has 0 amide bonds. The fourth-order valence-corrected chi connectivity index (χ4v) is 1.65. The highest BCUT2D eigenvalue weighted by atomic mass is 35.5. The quantitative estimate of drug-likeness (QED) is 0.809. The van der Waals surface area contributed by atoms with Crippen molar-refractivity contribution >= 4 is 11.6 Å². The minimum Gasteiger partial charge on any atom is -0.506 e. The standard InChI is InChI=1S/C11H16ClNO/c1-7-6-9(4-5-13-3)8(2)11(14)10(7)12/h6,13-14H,4-5H2,1-3H3. The van der Waals surface area contributed by atoms with Crippen LogP contribution in [0, 0.1) is 13.8 Å². The van der Waals surface area contributed by atoms with Crippen LogP contribution in [0.4, 0.5) is 0 Å². The largest absolute Gasteiger partial charge is 0.506 e. The Morgan fingerprint density at radius 2 is 2.07 bits per heavy atom. The number of hydrogen-bond donors (Lipinski definition) is 2. The maximum atomic E-state index is 9.71. The van der Waals surface area contributed by atoms with E-state index in [9.17, 15) is 5.11 Å². The zero-order valence-corrected chi connectivity index (χ0v) is 9.57. The van der Waals surface area contributed by atoms with Crippen molar-refractivity contribution in [2.24, 2.45) is 0 Å². The maximum Gasteiger partial charge on any atom is 0.137 e. The number of nitrogens with one attached hydrogen (secondary N) is 1. The first kappa shape index (κ1) is 11.3. The summed E-state index contributed by atoms with van der Waals surface area (Å²) >= 11 is 5.92. The molecule has 1 rings (SSSR count). The molecule has 0 atom stereocenters. The lowest BCUT2D eigenvalue weighted by molar-refractivity contribution is 0.470. The second kappa shape index (κ2) is 4.67. The van der Waals surface area contributed by atoms with Crippen molar-refractivity contribution in [2.75, 3.05) is 13.6 Å². The summed E-state index contributed by atoms with van der Waals surface area (Å²) in [5.41, 5.74) is 2.97. The minimum atomic E-state index is 0.220. The SMILES string of the molecule is CNCCc1cc(C)c(Cl)c(O)c1C. The third-order valence-electron chi connectivity index (χ3n) is 2.43. The molecule has 0 aliphatic carbocycles. The summed E-state index contributed by atoms with van der Waals surface area (Å²) in [5, 5.41) is 13.3. The van der Waals surface area contributed by atoms with Gasteiger partial charge in [-0.05, 0) is 50.6 Å². The lowest BCUT2D eigenvalue weighted by Gasteiger charge is -2.11. The number of aromatic hydroxyl groups is 1. The van der Waals surface area contributed by atoms with Gasteiger partial charge in [0.15, 0.2) is 0 Å². The molecule has 78 valence electrons. The van der Waals surface area contributed by atoms with Crippen LogP contribution in [0.15, 0.2) is 6.07 Å². The number of likely N-dealkylation sites (N-methyl/N-ethyl adjacent to an activating group) is 1. The normalized spacial score (nSPS) is 10.6. The van der Waals surface area contributed by atoms with Crippen LogP contribution >= 0.6 is 11.6 Å². The second-order valence-electron chi connectivity index (χ2n) is 3.49. The van der Waals surface area contributed by atoms with Crippen LogP contribution < -0.4 is 5.32 Å². The Hall–Kier alpha value is -0.730.